The quantitative estimate of drug-likeness (QED) is 0.630. The molecule has 0 aromatic heterocycles. The zero-order chi connectivity index (χ0) is 19.2. The number of aliphatic hydroxyl groups is 1. The van der Waals surface area contributed by atoms with Gasteiger partial charge in [0.25, 0.3) is 5.91 Å². The third kappa shape index (κ3) is 4.05. The minimum Gasteiger partial charge on any atom is -0.493 e. The highest BCUT2D eigenvalue weighted by molar-refractivity contribution is 6.06. The van der Waals surface area contributed by atoms with Crippen LogP contribution in [0, 0.1) is 12.3 Å². The largest absolute Gasteiger partial charge is 0.493 e. The van der Waals surface area contributed by atoms with E-state index < -0.39 is 6.23 Å². The highest BCUT2D eigenvalue weighted by Gasteiger charge is 2.27. The molecular formula is C21H20N2O4. The van der Waals surface area contributed by atoms with Crippen LogP contribution in [0.4, 0.5) is 11.4 Å². The van der Waals surface area contributed by atoms with Gasteiger partial charge in [-0.3, -0.25) is 9.69 Å². The summed E-state index contributed by atoms with van der Waals surface area (Å²) in [5, 5.41) is 13.3. The molecule has 6 nitrogen and oxygen atoms in total. The molecule has 0 fully saturated rings. The van der Waals surface area contributed by atoms with E-state index in [2.05, 4.69) is 11.2 Å². The zero-order valence-electron chi connectivity index (χ0n) is 14.9. The summed E-state index contributed by atoms with van der Waals surface area (Å²) in [7, 11) is 1.53. The molecule has 1 atom stereocenters. The maximum Gasteiger partial charge on any atom is 0.253 e. The predicted octanol–water partition coefficient (Wildman–Crippen LogP) is 2.50. The first kappa shape index (κ1) is 18.4. The summed E-state index contributed by atoms with van der Waals surface area (Å²) in [6.45, 7) is 0.413. The van der Waals surface area contributed by atoms with Gasteiger partial charge >= 0.3 is 0 Å². The van der Waals surface area contributed by atoms with Gasteiger partial charge in [-0.05, 0) is 35.9 Å². The number of methoxy groups -OCH3 is 1. The topological polar surface area (TPSA) is 71.0 Å². The molecule has 0 saturated heterocycles. The van der Waals surface area contributed by atoms with Crippen LogP contribution in [0.15, 0.2) is 48.5 Å². The number of para-hydroxylation sites is 2. The molecule has 1 aliphatic rings. The summed E-state index contributed by atoms with van der Waals surface area (Å²) in [5.74, 6) is 3.14. The maximum atomic E-state index is 12.7. The summed E-state index contributed by atoms with van der Waals surface area (Å²) in [5.41, 5.74) is 2.20. The molecule has 1 unspecified atom stereocenters. The Morgan fingerprint density at radius 1 is 1.37 bits per heavy atom. The number of benzene rings is 2. The van der Waals surface area contributed by atoms with Gasteiger partial charge in [0.15, 0.2) is 17.7 Å². The Morgan fingerprint density at radius 2 is 2.19 bits per heavy atom. The number of hydrogen-bond acceptors (Lipinski definition) is 5. The number of nitrogens with one attached hydrogen (secondary N) is 1. The number of carbonyl (C=O) groups is 1. The number of anilines is 2. The van der Waals surface area contributed by atoms with Crippen molar-refractivity contribution in [3.05, 3.63) is 54.1 Å². The summed E-state index contributed by atoms with van der Waals surface area (Å²) >= 11 is 0. The van der Waals surface area contributed by atoms with E-state index in [0.717, 1.165) is 11.3 Å². The molecule has 2 N–H and O–H groups in total. The average molecular weight is 364 g/mol. The molecule has 1 amide bonds. The van der Waals surface area contributed by atoms with E-state index in [-0.39, 0.29) is 19.1 Å². The average Bonchev–Trinajstić information content (AvgIpc) is 2.70. The van der Waals surface area contributed by atoms with Crippen LogP contribution in [0.1, 0.15) is 5.56 Å². The molecular weight excluding hydrogens is 344 g/mol. The fraction of sp³-hybridized carbons (Fsp3) is 0.190. The standard InChI is InChI=1S/C21H20N2O4/c1-3-12-27-18-10-8-15(13-19(18)26-2)9-11-20(24)23-17-7-5-4-6-16(17)22-14-21(23)25/h1,4-11,13,21-22,25H,12,14H2,2H3. The minimum absolute atomic E-state index is 0.143. The molecule has 1 heterocycles. The smallest absolute Gasteiger partial charge is 0.253 e. The summed E-state index contributed by atoms with van der Waals surface area (Å²) in [4.78, 5) is 14.0. The predicted molar refractivity (Wildman–Crippen MR) is 105 cm³/mol. The van der Waals surface area contributed by atoms with Gasteiger partial charge in [0, 0.05) is 6.08 Å². The van der Waals surface area contributed by atoms with Crippen LogP contribution in [-0.2, 0) is 4.79 Å². The van der Waals surface area contributed by atoms with Crippen LogP contribution in [0.3, 0.4) is 0 Å². The minimum atomic E-state index is -0.939. The fourth-order valence-electron chi connectivity index (χ4n) is 2.83. The van der Waals surface area contributed by atoms with E-state index in [1.165, 1.54) is 18.1 Å². The van der Waals surface area contributed by atoms with Crippen LogP contribution < -0.4 is 19.7 Å². The fourth-order valence-corrected chi connectivity index (χ4v) is 2.83. The lowest BCUT2D eigenvalue weighted by Crippen LogP contribution is -2.46. The molecule has 2 aromatic carbocycles. The van der Waals surface area contributed by atoms with Gasteiger partial charge in [0.1, 0.15) is 6.61 Å². The lowest BCUT2D eigenvalue weighted by atomic mass is 10.1. The molecule has 2 aromatic rings. The van der Waals surface area contributed by atoms with Crippen molar-refractivity contribution in [2.75, 3.05) is 30.5 Å². The number of nitrogens with zero attached hydrogens (tertiary/aromatic N) is 1. The Bertz CT molecular complexity index is 901. The molecule has 0 bridgehead atoms. The third-order valence-electron chi connectivity index (χ3n) is 4.09. The van der Waals surface area contributed by atoms with Crippen LogP contribution in [0.2, 0.25) is 0 Å². The highest BCUT2D eigenvalue weighted by Crippen LogP contribution is 2.31. The monoisotopic (exact) mass is 364 g/mol. The molecule has 0 saturated carbocycles. The number of ether oxygens (including phenoxy) is 2. The van der Waals surface area contributed by atoms with Crippen molar-refractivity contribution < 1.29 is 19.4 Å². The molecule has 0 spiro atoms. The van der Waals surface area contributed by atoms with E-state index in [9.17, 15) is 9.90 Å². The van der Waals surface area contributed by atoms with Gasteiger partial charge in [-0.2, -0.15) is 0 Å². The SMILES string of the molecule is C#CCOc1ccc(C=CC(=O)N2c3ccccc3NCC2O)cc1OC. The number of aliphatic hydroxyl groups excluding tert-OH is 1. The Hall–Kier alpha value is -3.43. The second-order valence-corrected chi connectivity index (χ2v) is 5.82. The Labute approximate surface area is 158 Å². The first-order chi connectivity index (χ1) is 13.1. The van der Waals surface area contributed by atoms with Crippen molar-refractivity contribution in [2.45, 2.75) is 6.23 Å². The van der Waals surface area contributed by atoms with Crippen molar-refractivity contribution in [2.24, 2.45) is 0 Å². The number of fused-ring (bicyclic) bond motifs is 1. The summed E-state index contributed by atoms with van der Waals surface area (Å²) in [6.07, 6.45) is 7.34. The lowest BCUT2D eigenvalue weighted by Gasteiger charge is -2.34. The van der Waals surface area contributed by atoms with Crippen molar-refractivity contribution in [3.63, 3.8) is 0 Å². The molecule has 1 aliphatic heterocycles. The summed E-state index contributed by atoms with van der Waals surface area (Å²) < 4.78 is 10.7. The second kappa shape index (κ2) is 8.30. The van der Waals surface area contributed by atoms with E-state index >= 15 is 0 Å². The molecule has 3 rings (SSSR count). The number of β-amino-alcohol motifs (C(OH)–C–C–N with tert-alkyl or cyclic N) is 1. The van der Waals surface area contributed by atoms with Gasteiger partial charge in [0.2, 0.25) is 0 Å². The van der Waals surface area contributed by atoms with Crippen molar-refractivity contribution in [3.8, 4) is 23.8 Å². The third-order valence-corrected chi connectivity index (χ3v) is 4.09. The first-order valence-electron chi connectivity index (χ1n) is 8.40. The van der Waals surface area contributed by atoms with E-state index in [0.29, 0.717) is 17.2 Å². The Kier molecular flexibility index (Phi) is 5.64. The molecule has 0 aliphatic carbocycles. The van der Waals surface area contributed by atoms with Gasteiger partial charge in [-0.15, -0.1) is 6.42 Å². The molecule has 27 heavy (non-hydrogen) atoms. The highest BCUT2D eigenvalue weighted by atomic mass is 16.5. The van der Waals surface area contributed by atoms with E-state index in [1.807, 2.05) is 18.2 Å². The molecule has 6 heteroatoms. The van der Waals surface area contributed by atoms with Crippen molar-refractivity contribution in [1.29, 1.82) is 0 Å². The van der Waals surface area contributed by atoms with Gasteiger partial charge in [-0.25, -0.2) is 0 Å². The van der Waals surface area contributed by atoms with Crippen LogP contribution in [-0.4, -0.2) is 37.5 Å². The van der Waals surface area contributed by atoms with Crippen LogP contribution >= 0.6 is 0 Å². The van der Waals surface area contributed by atoms with Gasteiger partial charge in [0.05, 0.1) is 25.0 Å². The van der Waals surface area contributed by atoms with Gasteiger partial charge < -0.3 is 19.9 Å². The zero-order valence-corrected chi connectivity index (χ0v) is 14.9. The van der Waals surface area contributed by atoms with Crippen molar-refractivity contribution in [1.82, 2.24) is 0 Å². The van der Waals surface area contributed by atoms with Gasteiger partial charge in [-0.1, -0.05) is 24.1 Å². The number of carbonyl (C=O) groups excluding carboxylic acids is 1. The number of hydrogen-bond donors (Lipinski definition) is 2. The molecule has 0 radical (unpaired) electrons. The van der Waals surface area contributed by atoms with E-state index in [1.54, 1.807) is 30.3 Å². The van der Waals surface area contributed by atoms with Crippen molar-refractivity contribution >= 4 is 23.4 Å². The normalized spacial score (nSPS) is 15.6. The lowest BCUT2D eigenvalue weighted by molar-refractivity contribution is -0.115. The number of amides is 1. The first-order valence-corrected chi connectivity index (χ1v) is 8.40. The Morgan fingerprint density at radius 3 is 2.96 bits per heavy atom. The summed E-state index contributed by atoms with van der Waals surface area (Å²) in [6, 6.07) is 12.6. The van der Waals surface area contributed by atoms with Crippen LogP contribution in [0.25, 0.3) is 6.08 Å². The van der Waals surface area contributed by atoms with Crippen LogP contribution in [0.5, 0.6) is 11.5 Å². The maximum absolute atomic E-state index is 12.7. The molecule has 138 valence electrons. The number of terminal acetylenes is 1. The second-order valence-electron chi connectivity index (χ2n) is 5.82. The van der Waals surface area contributed by atoms with E-state index in [4.69, 9.17) is 15.9 Å². The number of rotatable bonds is 5. The Balaban J connectivity index is 1.80.